The van der Waals surface area contributed by atoms with Gasteiger partial charge in [0.1, 0.15) is 11.6 Å². The summed E-state index contributed by atoms with van der Waals surface area (Å²) in [5.74, 6) is 0.774. The number of halogens is 1. The molecule has 3 rings (SSSR count). The lowest BCUT2D eigenvalue weighted by Crippen LogP contribution is -2.31. The van der Waals surface area contributed by atoms with Crippen LogP contribution >= 0.6 is 0 Å². The van der Waals surface area contributed by atoms with E-state index in [0.29, 0.717) is 6.61 Å². The lowest BCUT2D eigenvalue weighted by molar-refractivity contribution is 0.242. The zero-order chi connectivity index (χ0) is 16.1. The first kappa shape index (κ1) is 16.0. The summed E-state index contributed by atoms with van der Waals surface area (Å²) in [6.07, 6.45) is 15.3. The van der Waals surface area contributed by atoms with Crippen LogP contribution in [0.3, 0.4) is 0 Å². The minimum atomic E-state index is -0.136. The van der Waals surface area contributed by atoms with Gasteiger partial charge >= 0.3 is 0 Å². The third-order valence-electron chi connectivity index (χ3n) is 5.08. The molecule has 0 atom stereocenters. The highest BCUT2D eigenvalue weighted by molar-refractivity contribution is 5.42. The van der Waals surface area contributed by atoms with Gasteiger partial charge in [0, 0.05) is 5.41 Å². The molecule has 0 aromatic heterocycles. The fraction of sp³-hybridized carbons (Fsp3) is 0.429. The maximum Gasteiger partial charge on any atom is 0.123 e. The number of hydrogen-bond donors (Lipinski definition) is 0. The lowest BCUT2D eigenvalue weighted by atomic mass is 9.64. The maximum absolute atomic E-state index is 13.8. The summed E-state index contributed by atoms with van der Waals surface area (Å²) in [7, 11) is 0. The van der Waals surface area contributed by atoms with E-state index in [1.165, 1.54) is 30.9 Å². The normalized spacial score (nSPS) is 20.4. The molecule has 0 saturated heterocycles. The van der Waals surface area contributed by atoms with Crippen LogP contribution < -0.4 is 0 Å². The van der Waals surface area contributed by atoms with Crippen molar-refractivity contribution in [1.82, 2.24) is 0 Å². The number of hydrogen-bond acceptors (Lipinski definition) is 1. The van der Waals surface area contributed by atoms with Gasteiger partial charge < -0.3 is 4.74 Å². The zero-order valence-corrected chi connectivity index (χ0v) is 13.9. The van der Waals surface area contributed by atoms with Gasteiger partial charge in [-0.25, -0.2) is 4.39 Å². The van der Waals surface area contributed by atoms with Gasteiger partial charge in [-0.3, -0.25) is 0 Å². The van der Waals surface area contributed by atoms with E-state index in [4.69, 9.17) is 4.74 Å². The van der Waals surface area contributed by atoms with E-state index < -0.39 is 0 Å². The third-order valence-corrected chi connectivity index (χ3v) is 5.08. The van der Waals surface area contributed by atoms with Crippen LogP contribution in [0.15, 0.2) is 59.9 Å². The number of rotatable bonds is 4. The Bertz CT molecular complexity index is 633. The topological polar surface area (TPSA) is 9.23 Å². The molecular formula is C21H25FO. The standard InChI is InChI=1S/C21H25FO/c1-2-23-20-11-7-8-17(12-13-20)21(14-4-3-5-15-21)18-9-6-10-19(22)16-18/h6-7,9-13,16H,2-5,8,14-15H2,1H3. The van der Waals surface area contributed by atoms with Crippen LogP contribution in [0.5, 0.6) is 0 Å². The predicted octanol–water partition coefficient (Wildman–Crippen LogP) is 5.83. The minimum absolute atomic E-state index is 0.0249. The Morgan fingerprint density at radius 3 is 2.70 bits per heavy atom. The summed E-state index contributed by atoms with van der Waals surface area (Å²) in [5, 5.41) is 0. The van der Waals surface area contributed by atoms with E-state index in [9.17, 15) is 4.39 Å². The second-order valence-corrected chi connectivity index (χ2v) is 6.45. The van der Waals surface area contributed by atoms with Gasteiger partial charge in [-0.2, -0.15) is 0 Å². The van der Waals surface area contributed by atoms with Crippen molar-refractivity contribution in [3.05, 3.63) is 71.3 Å². The van der Waals surface area contributed by atoms with E-state index in [-0.39, 0.29) is 11.2 Å². The van der Waals surface area contributed by atoms with E-state index >= 15 is 0 Å². The summed E-state index contributed by atoms with van der Waals surface area (Å²) in [5.41, 5.74) is 2.49. The molecule has 1 nitrogen and oxygen atoms in total. The largest absolute Gasteiger partial charge is 0.494 e. The molecule has 0 unspecified atom stereocenters. The number of benzene rings is 1. The van der Waals surface area contributed by atoms with Gasteiger partial charge in [-0.15, -0.1) is 0 Å². The number of ether oxygens (including phenoxy) is 1. The molecule has 1 aromatic rings. The van der Waals surface area contributed by atoms with Crippen molar-refractivity contribution >= 4 is 0 Å². The summed E-state index contributed by atoms with van der Waals surface area (Å²) in [6, 6.07) is 7.20. The summed E-state index contributed by atoms with van der Waals surface area (Å²) in [4.78, 5) is 0. The van der Waals surface area contributed by atoms with Crippen LogP contribution in [-0.2, 0) is 10.2 Å². The van der Waals surface area contributed by atoms with Crippen LogP contribution in [-0.4, -0.2) is 6.61 Å². The summed E-state index contributed by atoms with van der Waals surface area (Å²) in [6.45, 7) is 2.67. The predicted molar refractivity (Wildman–Crippen MR) is 92.7 cm³/mol. The Morgan fingerprint density at radius 2 is 1.96 bits per heavy atom. The molecule has 0 bridgehead atoms. The van der Waals surface area contributed by atoms with Crippen molar-refractivity contribution in [2.45, 2.75) is 50.9 Å². The van der Waals surface area contributed by atoms with E-state index in [1.54, 1.807) is 6.07 Å². The van der Waals surface area contributed by atoms with Crippen molar-refractivity contribution < 1.29 is 9.13 Å². The van der Waals surface area contributed by atoms with Crippen molar-refractivity contribution in [2.24, 2.45) is 0 Å². The maximum atomic E-state index is 13.8. The van der Waals surface area contributed by atoms with Gasteiger partial charge in [0.2, 0.25) is 0 Å². The van der Waals surface area contributed by atoms with E-state index in [0.717, 1.165) is 30.6 Å². The van der Waals surface area contributed by atoms with Crippen molar-refractivity contribution in [2.75, 3.05) is 6.61 Å². The van der Waals surface area contributed by atoms with E-state index in [1.807, 2.05) is 13.0 Å². The van der Waals surface area contributed by atoms with Crippen LogP contribution in [0.1, 0.15) is 51.0 Å². The van der Waals surface area contributed by atoms with Crippen LogP contribution in [0.4, 0.5) is 4.39 Å². The second-order valence-electron chi connectivity index (χ2n) is 6.45. The third kappa shape index (κ3) is 3.41. The second kappa shape index (κ2) is 7.16. The zero-order valence-electron chi connectivity index (χ0n) is 13.9. The van der Waals surface area contributed by atoms with Crippen molar-refractivity contribution in [3.63, 3.8) is 0 Å². The first-order valence-corrected chi connectivity index (χ1v) is 8.71. The SMILES string of the molecule is CCOC1=CC=C(C2(c3cccc(F)c3)CCCCC2)CC=C1. The molecular weight excluding hydrogens is 287 g/mol. The fourth-order valence-electron chi connectivity index (χ4n) is 3.96. The molecule has 122 valence electrons. The average molecular weight is 312 g/mol. The Morgan fingerprint density at radius 1 is 1.13 bits per heavy atom. The molecule has 1 aromatic carbocycles. The smallest absolute Gasteiger partial charge is 0.123 e. The van der Waals surface area contributed by atoms with Crippen LogP contribution in [0.25, 0.3) is 0 Å². The fourth-order valence-corrected chi connectivity index (χ4v) is 3.96. The Hall–Kier alpha value is -1.83. The molecule has 0 radical (unpaired) electrons. The molecule has 0 N–H and O–H groups in total. The lowest BCUT2D eigenvalue weighted by Gasteiger charge is -2.40. The molecule has 0 heterocycles. The van der Waals surface area contributed by atoms with Gasteiger partial charge in [0.25, 0.3) is 0 Å². The van der Waals surface area contributed by atoms with Gasteiger partial charge in [0.05, 0.1) is 6.61 Å². The van der Waals surface area contributed by atoms with Crippen LogP contribution in [0, 0.1) is 5.82 Å². The molecule has 1 saturated carbocycles. The molecule has 0 spiro atoms. The number of allylic oxidation sites excluding steroid dienone is 5. The van der Waals surface area contributed by atoms with Crippen molar-refractivity contribution in [3.8, 4) is 0 Å². The first-order chi connectivity index (χ1) is 11.2. The molecule has 2 aliphatic carbocycles. The van der Waals surface area contributed by atoms with E-state index in [2.05, 4.69) is 30.4 Å². The quantitative estimate of drug-likeness (QED) is 0.679. The molecule has 0 amide bonds. The minimum Gasteiger partial charge on any atom is -0.494 e. The van der Waals surface area contributed by atoms with Crippen molar-refractivity contribution in [1.29, 1.82) is 0 Å². The molecule has 2 heteroatoms. The Kier molecular flexibility index (Phi) is 5.00. The molecule has 2 aliphatic rings. The molecule has 0 aliphatic heterocycles. The first-order valence-electron chi connectivity index (χ1n) is 8.71. The van der Waals surface area contributed by atoms with Crippen LogP contribution in [0.2, 0.25) is 0 Å². The van der Waals surface area contributed by atoms with Gasteiger partial charge in [-0.05, 0) is 56.0 Å². The summed E-state index contributed by atoms with van der Waals surface area (Å²) >= 11 is 0. The Balaban J connectivity index is 2.01. The highest BCUT2D eigenvalue weighted by atomic mass is 19.1. The molecule has 23 heavy (non-hydrogen) atoms. The molecule has 1 fully saturated rings. The van der Waals surface area contributed by atoms with Gasteiger partial charge in [0.15, 0.2) is 0 Å². The summed E-state index contributed by atoms with van der Waals surface area (Å²) < 4.78 is 19.5. The highest BCUT2D eigenvalue weighted by Crippen LogP contribution is 2.47. The monoisotopic (exact) mass is 312 g/mol. The van der Waals surface area contributed by atoms with Gasteiger partial charge in [-0.1, -0.05) is 49.1 Å². The average Bonchev–Trinajstić information content (AvgIpc) is 2.82. The Labute approximate surface area is 138 Å². The highest BCUT2D eigenvalue weighted by Gasteiger charge is 2.37.